The number of aliphatic hydroxyl groups excluding tert-OH is 1. The van der Waals surface area contributed by atoms with Crippen molar-refractivity contribution < 1.29 is 14.6 Å². The number of aromatic nitrogens is 2. The minimum absolute atomic E-state index is 0.209. The summed E-state index contributed by atoms with van der Waals surface area (Å²) >= 11 is 0. The second-order valence-electron chi connectivity index (χ2n) is 6.36. The van der Waals surface area contributed by atoms with Gasteiger partial charge in [0.1, 0.15) is 0 Å². The molecule has 2 aliphatic heterocycles. The zero-order valence-corrected chi connectivity index (χ0v) is 13.0. The molecule has 0 unspecified atom stereocenters. The van der Waals surface area contributed by atoms with Crippen molar-refractivity contribution in [3.8, 4) is 0 Å². The number of aryl methyl sites for hydroxylation is 1. The van der Waals surface area contributed by atoms with Crippen LogP contribution in [0.25, 0.3) is 0 Å². The summed E-state index contributed by atoms with van der Waals surface area (Å²) in [7, 11) is 0. The van der Waals surface area contributed by atoms with Crippen LogP contribution in [0.1, 0.15) is 38.5 Å². The molecule has 122 valence electrons. The maximum absolute atomic E-state index is 12.3. The Kier molecular flexibility index (Phi) is 4.78. The number of imidazole rings is 1. The van der Waals surface area contributed by atoms with Gasteiger partial charge in [-0.05, 0) is 32.1 Å². The molecule has 1 aromatic heterocycles. The lowest BCUT2D eigenvalue weighted by atomic mass is 9.82. The molecule has 1 spiro atoms. The lowest BCUT2D eigenvalue weighted by Crippen LogP contribution is -2.56. The van der Waals surface area contributed by atoms with Crippen molar-refractivity contribution in [3.05, 3.63) is 18.7 Å². The number of aliphatic hydroxyl groups is 1. The first-order valence-corrected chi connectivity index (χ1v) is 8.25. The number of nitrogens with zero attached hydrogens (tertiary/aromatic N) is 3. The third kappa shape index (κ3) is 3.33. The van der Waals surface area contributed by atoms with Crippen molar-refractivity contribution in [1.29, 1.82) is 0 Å². The highest BCUT2D eigenvalue weighted by molar-refractivity contribution is 5.76. The fourth-order valence-corrected chi connectivity index (χ4v) is 3.51. The van der Waals surface area contributed by atoms with Crippen LogP contribution in [0.5, 0.6) is 0 Å². The van der Waals surface area contributed by atoms with Gasteiger partial charge in [0.25, 0.3) is 0 Å². The molecule has 6 heteroatoms. The van der Waals surface area contributed by atoms with Crippen molar-refractivity contribution in [1.82, 2.24) is 14.5 Å². The van der Waals surface area contributed by atoms with Crippen LogP contribution in [0.3, 0.4) is 0 Å². The number of hydrogen-bond donors (Lipinski definition) is 1. The first kappa shape index (κ1) is 15.5. The van der Waals surface area contributed by atoms with Crippen LogP contribution in [0.4, 0.5) is 0 Å². The molecule has 6 nitrogen and oxygen atoms in total. The Morgan fingerprint density at radius 2 is 2.23 bits per heavy atom. The molecule has 22 heavy (non-hydrogen) atoms. The molecular weight excluding hydrogens is 282 g/mol. The standard InChI is InChI=1S/C16H25N3O3/c20-14-3-2-12-22-16(14)5-9-19(10-6-16)15(21)4-1-8-18-11-7-17-13-18/h7,11,13-14,20H,1-6,8-10,12H2/t14-/m1/s1. The molecule has 0 saturated carbocycles. The first-order chi connectivity index (χ1) is 10.7. The summed E-state index contributed by atoms with van der Waals surface area (Å²) in [5.41, 5.74) is -0.397. The third-order valence-electron chi connectivity index (χ3n) is 4.95. The van der Waals surface area contributed by atoms with E-state index in [1.165, 1.54) is 0 Å². The Hall–Kier alpha value is -1.40. The van der Waals surface area contributed by atoms with Crippen molar-refractivity contribution >= 4 is 5.91 Å². The maximum Gasteiger partial charge on any atom is 0.222 e. The minimum atomic E-state index is -0.397. The van der Waals surface area contributed by atoms with E-state index >= 15 is 0 Å². The molecule has 1 N–H and O–H groups in total. The van der Waals surface area contributed by atoms with Crippen molar-refractivity contribution in [2.75, 3.05) is 19.7 Å². The van der Waals surface area contributed by atoms with E-state index < -0.39 is 5.60 Å². The van der Waals surface area contributed by atoms with Crippen LogP contribution in [0.15, 0.2) is 18.7 Å². The summed E-state index contributed by atoms with van der Waals surface area (Å²) in [6.07, 6.45) is 9.71. The number of carbonyl (C=O) groups is 1. The quantitative estimate of drug-likeness (QED) is 0.907. The number of carbonyl (C=O) groups excluding carboxylic acids is 1. The molecule has 0 aliphatic carbocycles. The van der Waals surface area contributed by atoms with Crippen LogP contribution in [-0.4, -0.2) is 56.9 Å². The molecule has 3 rings (SSSR count). The fourth-order valence-electron chi connectivity index (χ4n) is 3.51. The van der Waals surface area contributed by atoms with Gasteiger partial charge in [-0.3, -0.25) is 4.79 Å². The number of ether oxygens (including phenoxy) is 1. The topological polar surface area (TPSA) is 67.6 Å². The Morgan fingerprint density at radius 3 is 2.91 bits per heavy atom. The van der Waals surface area contributed by atoms with Crippen LogP contribution in [0, 0.1) is 0 Å². The van der Waals surface area contributed by atoms with Gasteiger partial charge in [-0.15, -0.1) is 0 Å². The second-order valence-corrected chi connectivity index (χ2v) is 6.36. The predicted molar refractivity (Wildman–Crippen MR) is 81.2 cm³/mol. The smallest absolute Gasteiger partial charge is 0.222 e. The van der Waals surface area contributed by atoms with Crippen LogP contribution < -0.4 is 0 Å². The van der Waals surface area contributed by atoms with E-state index in [9.17, 15) is 9.90 Å². The van der Waals surface area contributed by atoms with Gasteiger partial charge in [-0.25, -0.2) is 4.98 Å². The van der Waals surface area contributed by atoms with Gasteiger partial charge in [0.2, 0.25) is 5.91 Å². The SMILES string of the molecule is O=C(CCCn1ccnc1)N1CCC2(CC1)OCCC[C@H]2O. The summed E-state index contributed by atoms with van der Waals surface area (Å²) < 4.78 is 7.87. The summed E-state index contributed by atoms with van der Waals surface area (Å²) in [6.45, 7) is 2.95. The Bertz CT molecular complexity index is 481. The monoisotopic (exact) mass is 307 g/mol. The molecule has 2 aliphatic rings. The van der Waals surface area contributed by atoms with Crippen LogP contribution in [-0.2, 0) is 16.1 Å². The van der Waals surface area contributed by atoms with E-state index in [4.69, 9.17) is 4.74 Å². The first-order valence-electron chi connectivity index (χ1n) is 8.25. The molecule has 0 bridgehead atoms. The summed E-state index contributed by atoms with van der Waals surface area (Å²) in [5.74, 6) is 0.209. The summed E-state index contributed by atoms with van der Waals surface area (Å²) in [5, 5.41) is 10.2. The molecule has 0 radical (unpaired) electrons. The van der Waals surface area contributed by atoms with Crippen molar-refractivity contribution in [2.24, 2.45) is 0 Å². The average molecular weight is 307 g/mol. The van der Waals surface area contributed by atoms with Gasteiger partial charge < -0.3 is 19.3 Å². The van der Waals surface area contributed by atoms with E-state index in [1.807, 2.05) is 15.7 Å². The number of rotatable bonds is 4. The van der Waals surface area contributed by atoms with Gasteiger partial charge in [-0.1, -0.05) is 0 Å². The molecule has 2 saturated heterocycles. The molecule has 0 aromatic carbocycles. The van der Waals surface area contributed by atoms with Crippen LogP contribution >= 0.6 is 0 Å². The average Bonchev–Trinajstić information content (AvgIpc) is 3.04. The van der Waals surface area contributed by atoms with E-state index in [1.54, 1.807) is 12.5 Å². The van der Waals surface area contributed by atoms with E-state index in [2.05, 4.69) is 4.98 Å². The van der Waals surface area contributed by atoms with Crippen LogP contribution in [0.2, 0.25) is 0 Å². The predicted octanol–water partition coefficient (Wildman–Crippen LogP) is 1.20. The molecule has 1 atom stereocenters. The molecule has 3 heterocycles. The van der Waals surface area contributed by atoms with Crippen molar-refractivity contribution in [2.45, 2.75) is 56.8 Å². The number of hydrogen-bond acceptors (Lipinski definition) is 4. The highest BCUT2D eigenvalue weighted by Crippen LogP contribution is 2.35. The van der Waals surface area contributed by atoms with Gasteiger partial charge in [-0.2, -0.15) is 0 Å². The second kappa shape index (κ2) is 6.79. The number of piperidine rings is 1. The van der Waals surface area contributed by atoms with Gasteiger partial charge >= 0.3 is 0 Å². The van der Waals surface area contributed by atoms with E-state index in [0.717, 1.165) is 45.3 Å². The molecule has 2 fully saturated rings. The fraction of sp³-hybridized carbons (Fsp3) is 0.750. The minimum Gasteiger partial charge on any atom is -0.390 e. The highest BCUT2D eigenvalue weighted by atomic mass is 16.5. The lowest BCUT2D eigenvalue weighted by Gasteiger charge is -2.46. The van der Waals surface area contributed by atoms with E-state index in [0.29, 0.717) is 19.5 Å². The molecule has 1 amide bonds. The van der Waals surface area contributed by atoms with Gasteiger partial charge in [0.05, 0.1) is 18.0 Å². The van der Waals surface area contributed by atoms with E-state index in [-0.39, 0.29) is 12.0 Å². The lowest BCUT2D eigenvalue weighted by molar-refractivity contribution is -0.179. The molecular formula is C16H25N3O3. The summed E-state index contributed by atoms with van der Waals surface area (Å²) in [4.78, 5) is 18.2. The Morgan fingerprint density at radius 1 is 1.41 bits per heavy atom. The Balaban J connectivity index is 1.43. The number of likely N-dealkylation sites (tertiary alicyclic amines) is 1. The third-order valence-corrected chi connectivity index (χ3v) is 4.95. The number of amides is 1. The largest absolute Gasteiger partial charge is 0.390 e. The van der Waals surface area contributed by atoms with Gasteiger partial charge in [0.15, 0.2) is 0 Å². The summed E-state index contributed by atoms with van der Waals surface area (Å²) in [6, 6.07) is 0. The zero-order chi connectivity index (χ0) is 15.4. The Labute approximate surface area is 131 Å². The molecule has 1 aromatic rings. The normalized spacial score (nSPS) is 24.6. The van der Waals surface area contributed by atoms with Crippen molar-refractivity contribution in [3.63, 3.8) is 0 Å². The highest BCUT2D eigenvalue weighted by Gasteiger charge is 2.44. The van der Waals surface area contributed by atoms with Gasteiger partial charge in [0, 0.05) is 45.1 Å². The maximum atomic E-state index is 12.3. The zero-order valence-electron chi connectivity index (χ0n) is 13.0.